The molecule has 1 aromatic carbocycles. The van der Waals surface area contributed by atoms with Gasteiger partial charge in [0.15, 0.2) is 0 Å². The molecule has 1 aliphatic heterocycles. The Morgan fingerprint density at radius 3 is 2.58 bits per heavy atom. The average Bonchev–Trinajstić information content (AvgIpc) is 2.76. The number of benzene rings is 1. The van der Waals surface area contributed by atoms with Crippen molar-refractivity contribution in [1.82, 2.24) is 5.32 Å². The fourth-order valence-electron chi connectivity index (χ4n) is 2.36. The van der Waals surface area contributed by atoms with Crippen molar-refractivity contribution in [2.24, 2.45) is 0 Å². The summed E-state index contributed by atoms with van der Waals surface area (Å²) in [6.07, 6.45) is 2.30. The number of halogens is 2. The van der Waals surface area contributed by atoms with Crippen molar-refractivity contribution < 1.29 is 9.47 Å². The molecule has 1 saturated heterocycles. The number of hydrogen-bond acceptors (Lipinski definition) is 3. The van der Waals surface area contributed by atoms with E-state index in [0.29, 0.717) is 0 Å². The Morgan fingerprint density at radius 2 is 2.05 bits per heavy atom. The largest absolute Gasteiger partial charge is 0.494 e. The maximum atomic E-state index is 5.76. The lowest BCUT2D eigenvalue weighted by Gasteiger charge is -2.23. The third-order valence-electron chi connectivity index (χ3n) is 3.39. The molecular weight excluding hydrogens is 374 g/mol. The van der Waals surface area contributed by atoms with Crippen LogP contribution in [0.5, 0.6) is 5.75 Å². The molecule has 1 atom stereocenters. The summed E-state index contributed by atoms with van der Waals surface area (Å²) < 4.78 is 13.0. The molecule has 1 heterocycles. The van der Waals surface area contributed by atoms with E-state index in [1.54, 1.807) is 7.11 Å². The first kappa shape index (κ1) is 15.3. The van der Waals surface area contributed by atoms with E-state index in [1.165, 1.54) is 5.56 Å². The minimum Gasteiger partial charge on any atom is -0.494 e. The van der Waals surface area contributed by atoms with Gasteiger partial charge in [0.25, 0.3) is 0 Å². The molecule has 106 valence electrons. The molecule has 5 heteroatoms. The molecule has 2 rings (SSSR count). The van der Waals surface area contributed by atoms with Gasteiger partial charge in [0, 0.05) is 19.7 Å². The molecule has 1 fully saturated rings. The van der Waals surface area contributed by atoms with E-state index in [-0.39, 0.29) is 5.60 Å². The standard InChI is InChI=1S/C14H19Br2NO2/c1-14(4-3-5-19-14)9-17-8-10-6-11(15)13(18-2)12(16)7-10/h6-7,17H,3-5,8-9H2,1-2H3. The van der Waals surface area contributed by atoms with E-state index in [0.717, 1.165) is 47.2 Å². The van der Waals surface area contributed by atoms with Crippen LogP contribution in [0.2, 0.25) is 0 Å². The molecule has 0 bridgehead atoms. The first-order chi connectivity index (χ1) is 9.04. The van der Waals surface area contributed by atoms with Crippen molar-refractivity contribution in [2.75, 3.05) is 20.3 Å². The van der Waals surface area contributed by atoms with Gasteiger partial charge in [-0.25, -0.2) is 0 Å². The minimum atomic E-state index is 0.000927. The molecule has 0 amide bonds. The monoisotopic (exact) mass is 391 g/mol. The van der Waals surface area contributed by atoms with E-state index in [4.69, 9.17) is 9.47 Å². The third-order valence-corrected chi connectivity index (χ3v) is 4.57. The summed E-state index contributed by atoms with van der Waals surface area (Å²) in [7, 11) is 1.67. The second-order valence-corrected chi connectivity index (χ2v) is 6.81. The van der Waals surface area contributed by atoms with Gasteiger partial charge in [0.1, 0.15) is 5.75 Å². The first-order valence-electron chi connectivity index (χ1n) is 6.41. The Bertz CT molecular complexity index is 422. The Balaban J connectivity index is 1.93. The SMILES string of the molecule is COc1c(Br)cc(CNCC2(C)CCCO2)cc1Br. The molecule has 0 aromatic heterocycles. The predicted octanol–water partition coefficient (Wildman–Crippen LogP) is 3.88. The van der Waals surface area contributed by atoms with Gasteiger partial charge in [-0.05, 0) is 69.3 Å². The zero-order valence-electron chi connectivity index (χ0n) is 11.3. The Morgan fingerprint density at radius 1 is 1.37 bits per heavy atom. The van der Waals surface area contributed by atoms with Crippen molar-refractivity contribution in [3.63, 3.8) is 0 Å². The summed E-state index contributed by atoms with van der Waals surface area (Å²) in [6.45, 7) is 4.76. The van der Waals surface area contributed by atoms with Crippen LogP contribution in [0.4, 0.5) is 0 Å². The molecule has 19 heavy (non-hydrogen) atoms. The van der Waals surface area contributed by atoms with Crippen LogP contribution in [0.25, 0.3) is 0 Å². The molecule has 0 radical (unpaired) electrons. The Labute approximate surface area is 131 Å². The highest BCUT2D eigenvalue weighted by Crippen LogP contribution is 2.34. The van der Waals surface area contributed by atoms with Gasteiger partial charge in [-0.2, -0.15) is 0 Å². The maximum absolute atomic E-state index is 5.76. The fraction of sp³-hybridized carbons (Fsp3) is 0.571. The first-order valence-corrected chi connectivity index (χ1v) is 7.99. The Kier molecular flexibility index (Phi) is 5.29. The van der Waals surface area contributed by atoms with Crippen molar-refractivity contribution in [3.8, 4) is 5.75 Å². The number of nitrogens with one attached hydrogen (secondary N) is 1. The lowest BCUT2D eigenvalue weighted by Crippen LogP contribution is -2.36. The molecule has 1 aliphatic rings. The minimum absolute atomic E-state index is 0.000927. The van der Waals surface area contributed by atoms with Crippen LogP contribution in [-0.4, -0.2) is 25.9 Å². The molecule has 1 unspecified atom stereocenters. The lowest BCUT2D eigenvalue weighted by atomic mass is 10.0. The van der Waals surface area contributed by atoms with Gasteiger partial charge in [-0.3, -0.25) is 0 Å². The van der Waals surface area contributed by atoms with E-state index >= 15 is 0 Å². The van der Waals surface area contributed by atoms with E-state index < -0.39 is 0 Å². The zero-order chi connectivity index (χ0) is 13.9. The van der Waals surface area contributed by atoms with Crippen LogP contribution in [0.1, 0.15) is 25.3 Å². The molecule has 0 aliphatic carbocycles. The van der Waals surface area contributed by atoms with Gasteiger partial charge < -0.3 is 14.8 Å². The average molecular weight is 393 g/mol. The van der Waals surface area contributed by atoms with E-state index in [2.05, 4.69) is 56.2 Å². The number of hydrogen-bond donors (Lipinski definition) is 1. The Hall–Kier alpha value is -0.100. The van der Waals surface area contributed by atoms with E-state index in [1.807, 2.05) is 0 Å². The molecule has 3 nitrogen and oxygen atoms in total. The second-order valence-electron chi connectivity index (χ2n) is 5.10. The van der Waals surface area contributed by atoms with Crippen LogP contribution >= 0.6 is 31.9 Å². The summed E-state index contributed by atoms with van der Waals surface area (Å²) in [4.78, 5) is 0. The highest BCUT2D eigenvalue weighted by Gasteiger charge is 2.28. The number of rotatable bonds is 5. The fourth-order valence-corrected chi connectivity index (χ4v) is 3.96. The van der Waals surface area contributed by atoms with Crippen molar-refractivity contribution in [3.05, 3.63) is 26.6 Å². The van der Waals surface area contributed by atoms with Crippen LogP contribution in [0, 0.1) is 0 Å². The zero-order valence-corrected chi connectivity index (χ0v) is 14.4. The summed E-state index contributed by atoms with van der Waals surface area (Å²) in [5.41, 5.74) is 1.21. The molecule has 0 saturated carbocycles. The molecule has 0 spiro atoms. The normalized spacial score (nSPS) is 22.7. The molecular formula is C14H19Br2NO2. The van der Waals surface area contributed by atoms with Crippen molar-refractivity contribution >= 4 is 31.9 Å². The third kappa shape index (κ3) is 3.94. The summed E-state index contributed by atoms with van der Waals surface area (Å²) in [6, 6.07) is 4.16. The van der Waals surface area contributed by atoms with Crippen LogP contribution in [0.3, 0.4) is 0 Å². The van der Waals surface area contributed by atoms with Crippen LogP contribution in [0.15, 0.2) is 21.1 Å². The number of ether oxygens (including phenoxy) is 2. The molecule has 1 aromatic rings. The van der Waals surface area contributed by atoms with Gasteiger partial charge in [-0.15, -0.1) is 0 Å². The van der Waals surface area contributed by atoms with Crippen LogP contribution < -0.4 is 10.1 Å². The summed E-state index contributed by atoms with van der Waals surface area (Å²) in [5.74, 6) is 0.829. The van der Waals surface area contributed by atoms with Crippen molar-refractivity contribution in [2.45, 2.75) is 31.9 Å². The highest BCUT2D eigenvalue weighted by atomic mass is 79.9. The van der Waals surface area contributed by atoms with Gasteiger partial charge >= 0.3 is 0 Å². The van der Waals surface area contributed by atoms with Crippen LogP contribution in [-0.2, 0) is 11.3 Å². The van der Waals surface area contributed by atoms with Gasteiger partial charge in [-0.1, -0.05) is 0 Å². The maximum Gasteiger partial charge on any atom is 0.147 e. The van der Waals surface area contributed by atoms with Gasteiger partial charge in [0.05, 0.1) is 21.7 Å². The van der Waals surface area contributed by atoms with Crippen molar-refractivity contribution in [1.29, 1.82) is 0 Å². The second kappa shape index (κ2) is 6.57. The summed E-state index contributed by atoms with van der Waals surface area (Å²) >= 11 is 7.04. The summed E-state index contributed by atoms with van der Waals surface area (Å²) in [5, 5.41) is 3.47. The number of methoxy groups -OCH3 is 1. The quantitative estimate of drug-likeness (QED) is 0.824. The smallest absolute Gasteiger partial charge is 0.147 e. The highest BCUT2D eigenvalue weighted by molar-refractivity contribution is 9.11. The van der Waals surface area contributed by atoms with Gasteiger partial charge in [0.2, 0.25) is 0 Å². The molecule has 1 N–H and O–H groups in total. The lowest BCUT2D eigenvalue weighted by molar-refractivity contribution is 0.0207. The predicted molar refractivity (Wildman–Crippen MR) is 83.7 cm³/mol. The van der Waals surface area contributed by atoms with E-state index in [9.17, 15) is 0 Å². The topological polar surface area (TPSA) is 30.5 Å².